The normalized spacial score (nSPS) is 11.7. The fourth-order valence-electron chi connectivity index (χ4n) is 3.30. The van der Waals surface area contributed by atoms with Crippen LogP contribution in [0.2, 0.25) is 0 Å². The minimum atomic E-state index is 0.000549. The summed E-state index contributed by atoms with van der Waals surface area (Å²) in [7, 11) is 3.52. The zero-order valence-electron chi connectivity index (χ0n) is 16.6. The van der Waals surface area contributed by atoms with Gasteiger partial charge in [0.2, 0.25) is 5.91 Å². The third kappa shape index (κ3) is 4.77. The van der Waals surface area contributed by atoms with Gasteiger partial charge in [-0.05, 0) is 47.4 Å². The highest BCUT2D eigenvalue weighted by Crippen LogP contribution is 2.30. The molecule has 0 radical (unpaired) electrons. The molecule has 4 nitrogen and oxygen atoms in total. The molecule has 1 unspecified atom stereocenters. The van der Waals surface area contributed by atoms with E-state index in [1.807, 2.05) is 68.7 Å². The highest BCUT2D eigenvalue weighted by molar-refractivity contribution is 5.77. The summed E-state index contributed by atoms with van der Waals surface area (Å²) in [4.78, 5) is 18.9. The van der Waals surface area contributed by atoms with Crippen LogP contribution in [0.15, 0.2) is 73.1 Å². The molecule has 3 rings (SSSR count). The zero-order valence-corrected chi connectivity index (χ0v) is 16.6. The summed E-state index contributed by atoms with van der Waals surface area (Å²) < 4.78 is 5.27. The summed E-state index contributed by atoms with van der Waals surface area (Å²) in [5.74, 6) is 0.925. The van der Waals surface area contributed by atoms with Gasteiger partial charge < -0.3 is 9.64 Å². The van der Waals surface area contributed by atoms with E-state index < -0.39 is 0 Å². The van der Waals surface area contributed by atoms with Gasteiger partial charge in [0.15, 0.2) is 0 Å². The minimum Gasteiger partial charge on any atom is -0.497 e. The molecule has 1 amide bonds. The predicted octanol–water partition coefficient (Wildman–Crippen LogP) is 4.58. The molecule has 28 heavy (non-hydrogen) atoms. The summed E-state index contributed by atoms with van der Waals surface area (Å²) in [5.41, 5.74) is 4.45. The first kappa shape index (κ1) is 19.6. The van der Waals surface area contributed by atoms with E-state index in [1.165, 1.54) is 0 Å². The van der Waals surface area contributed by atoms with Crippen LogP contribution in [-0.2, 0) is 11.3 Å². The van der Waals surface area contributed by atoms with Gasteiger partial charge >= 0.3 is 0 Å². The number of benzene rings is 2. The van der Waals surface area contributed by atoms with Crippen molar-refractivity contribution in [2.24, 2.45) is 0 Å². The van der Waals surface area contributed by atoms with Gasteiger partial charge in [-0.15, -0.1) is 0 Å². The number of pyridine rings is 1. The van der Waals surface area contributed by atoms with Crippen molar-refractivity contribution in [3.8, 4) is 5.75 Å². The lowest BCUT2D eigenvalue weighted by Gasteiger charge is -2.23. The molecule has 4 heteroatoms. The summed E-state index contributed by atoms with van der Waals surface area (Å²) in [6.45, 7) is 2.60. The number of rotatable bonds is 7. The Labute approximate surface area is 166 Å². The Morgan fingerprint density at radius 1 is 1.04 bits per heavy atom. The number of hydrogen-bond acceptors (Lipinski definition) is 3. The summed E-state index contributed by atoms with van der Waals surface area (Å²) in [6.07, 6.45) is 4.01. The number of hydrogen-bond donors (Lipinski definition) is 0. The van der Waals surface area contributed by atoms with E-state index in [4.69, 9.17) is 4.74 Å². The highest BCUT2D eigenvalue weighted by Gasteiger charge is 2.21. The van der Waals surface area contributed by atoms with E-state index in [9.17, 15) is 4.79 Å². The molecule has 0 aliphatic heterocycles. The minimum absolute atomic E-state index is 0.000549. The number of ether oxygens (including phenoxy) is 1. The Morgan fingerprint density at radius 2 is 1.71 bits per heavy atom. The van der Waals surface area contributed by atoms with Crippen molar-refractivity contribution >= 4 is 5.91 Å². The average molecular weight is 374 g/mol. The van der Waals surface area contributed by atoms with Crippen molar-refractivity contribution in [3.05, 3.63) is 95.3 Å². The Bertz CT molecular complexity index is 907. The standard InChI is InChI=1S/C24H26N2O2/c1-18-16-25-14-13-21(18)17-26(2)24(27)15-23(19-7-5-4-6-8-19)20-9-11-22(28-3)12-10-20/h4-14,16,23H,15,17H2,1-3H3. The summed E-state index contributed by atoms with van der Waals surface area (Å²) in [6, 6.07) is 20.1. The van der Waals surface area contributed by atoms with Crippen LogP contribution in [0.4, 0.5) is 0 Å². The van der Waals surface area contributed by atoms with Gasteiger partial charge in [-0.25, -0.2) is 0 Å². The molecular weight excluding hydrogens is 348 g/mol. The van der Waals surface area contributed by atoms with Crippen molar-refractivity contribution in [1.82, 2.24) is 9.88 Å². The molecule has 1 aromatic heterocycles. The van der Waals surface area contributed by atoms with Crippen molar-refractivity contribution < 1.29 is 9.53 Å². The van der Waals surface area contributed by atoms with Gasteiger partial charge in [0.1, 0.15) is 5.75 Å². The maximum Gasteiger partial charge on any atom is 0.223 e. The number of carbonyl (C=O) groups is 1. The van der Waals surface area contributed by atoms with Gasteiger partial charge in [0.05, 0.1) is 7.11 Å². The molecule has 0 fully saturated rings. The van der Waals surface area contributed by atoms with Crippen molar-refractivity contribution in [3.63, 3.8) is 0 Å². The summed E-state index contributed by atoms with van der Waals surface area (Å²) >= 11 is 0. The first-order valence-electron chi connectivity index (χ1n) is 9.41. The number of aromatic nitrogens is 1. The lowest BCUT2D eigenvalue weighted by atomic mass is 9.88. The molecule has 0 aliphatic carbocycles. The van der Waals surface area contributed by atoms with Gasteiger partial charge in [0, 0.05) is 38.3 Å². The van der Waals surface area contributed by atoms with Crippen molar-refractivity contribution in [2.45, 2.75) is 25.8 Å². The predicted molar refractivity (Wildman–Crippen MR) is 111 cm³/mol. The average Bonchev–Trinajstić information content (AvgIpc) is 2.74. The van der Waals surface area contributed by atoms with Crippen LogP contribution < -0.4 is 4.74 Å². The molecule has 0 bridgehead atoms. The largest absolute Gasteiger partial charge is 0.497 e. The third-order valence-corrected chi connectivity index (χ3v) is 5.07. The van der Waals surface area contributed by atoms with E-state index in [0.717, 1.165) is 28.0 Å². The SMILES string of the molecule is COc1ccc(C(CC(=O)N(C)Cc2ccncc2C)c2ccccc2)cc1. The van der Waals surface area contributed by atoms with Crippen LogP contribution in [0.1, 0.15) is 34.6 Å². The van der Waals surface area contributed by atoms with Crippen LogP contribution in [0.3, 0.4) is 0 Å². The molecular formula is C24H26N2O2. The second kappa shape index (κ2) is 9.18. The van der Waals surface area contributed by atoms with E-state index in [1.54, 1.807) is 18.2 Å². The lowest BCUT2D eigenvalue weighted by Crippen LogP contribution is -2.28. The maximum atomic E-state index is 13.0. The fraction of sp³-hybridized carbons (Fsp3) is 0.250. The third-order valence-electron chi connectivity index (χ3n) is 5.07. The first-order valence-corrected chi connectivity index (χ1v) is 9.41. The lowest BCUT2D eigenvalue weighted by molar-refractivity contribution is -0.130. The number of aryl methyl sites for hydroxylation is 1. The summed E-state index contributed by atoms with van der Waals surface area (Å²) in [5, 5.41) is 0. The number of methoxy groups -OCH3 is 1. The number of carbonyl (C=O) groups excluding carboxylic acids is 1. The topological polar surface area (TPSA) is 42.4 Å². The molecule has 2 aromatic carbocycles. The van der Waals surface area contributed by atoms with E-state index in [0.29, 0.717) is 13.0 Å². The number of amides is 1. The number of nitrogens with zero attached hydrogens (tertiary/aromatic N) is 2. The zero-order chi connectivity index (χ0) is 19.9. The van der Waals surface area contributed by atoms with Crippen LogP contribution >= 0.6 is 0 Å². The quantitative estimate of drug-likeness (QED) is 0.608. The molecule has 144 valence electrons. The van der Waals surface area contributed by atoms with Crippen LogP contribution in [0.5, 0.6) is 5.75 Å². The molecule has 0 N–H and O–H groups in total. The molecule has 3 aromatic rings. The molecule has 0 saturated carbocycles. The Kier molecular flexibility index (Phi) is 6.43. The second-order valence-electron chi connectivity index (χ2n) is 6.99. The van der Waals surface area contributed by atoms with Crippen molar-refractivity contribution in [2.75, 3.05) is 14.2 Å². The second-order valence-corrected chi connectivity index (χ2v) is 6.99. The van der Waals surface area contributed by atoms with E-state index >= 15 is 0 Å². The Morgan fingerprint density at radius 3 is 2.36 bits per heavy atom. The Balaban J connectivity index is 1.80. The Hall–Kier alpha value is -3.14. The highest BCUT2D eigenvalue weighted by atomic mass is 16.5. The van der Waals surface area contributed by atoms with Gasteiger partial charge in [-0.1, -0.05) is 42.5 Å². The van der Waals surface area contributed by atoms with Crippen LogP contribution in [0.25, 0.3) is 0 Å². The van der Waals surface area contributed by atoms with Crippen LogP contribution in [-0.4, -0.2) is 29.9 Å². The molecule has 0 spiro atoms. The van der Waals surface area contributed by atoms with E-state index in [-0.39, 0.29) is 11.8 Å². The van der Waals surface area contributed by atoms with Crippen molar-refractivity contribution in [1.29, 1.82) is 0 Å². The van der Waals surface area contributed by atoms with Gasteiger partial charge in [-0.2, -0.15) is 0 Å². The molecule has 1 heterocycles. The monoisotopic (exact) mass is 374 g/mol. The van der Waals surface area contributed by atoms with E-state index in [2.05, 4.69) is 17.1 Å². The van der Waals surface area contributed by atoms with Gasteiger partial charge in [-0.3, -0.25) is 9.78 Å². The smallest absolute Gasteiger partial charge is 0.223 e. The fourth-order valence-corrected chi connectivity index (χ4v) is 3.30. The molecule has 0 aliphatic rings. The molecule has 0 saturated heterocycles. The first-order chi connectivity index (χ1) is 13.6. The molecule has 1 atom stereocenters. The van der Waals surface area contributed by atoms with Crippen LogP contribution in [0, 0.1) is 6.92 Å². The van der Waals surface area contributed by atoms with Gasteiger partial charge in [0.25, 0.3) is 0 Å². The maximum absolute atomic E-state index is 13.0.